The Labute approximate surface area is 126 Å². The van der Waals surface area contributed by atoms with Gasteiger partial charge in [0.1, 0.15) is 5.82 Å². The number of rotatable bonds is 1. The van der Waals surface area contributed by atoms with Crippen LogP contribution in [0.1, 0.15) is 5.56 Å². The Hall–Kier alpha value is -0.550. The molecule has 92 valence electrons. The van der Waals surface area contributed by atoms with Gasteiger partial charge in [-0.2, -0.15) is 0 Å². The molecular weight excluding hydrogens is 355 g/mol. The number of hydrogen-bond donors (Lipinski definition) is 1. The van der Waals surface area contributed by atoms with Gasteiger partial charge in [0.05, 0.1) is 29.7 Å². The maximum Gasteiger partial charge on any atom is 0.148 e. The smallest absolute Gasteiger partial charge is 0.148 e. The molecule has 0 unspecified atom stereocenters. The molecule has 2 nitrogen and oxygen atoms in total. The number of imidazole rings is 1. The first-order valence-electron chi connectivity index (χ1n) is 5.15. The van der Waals surface area contributed by atoms with Crippen molar-refractivity contribution in [3.8, 4) is 10.7 Å². The van der Waals surface area contributed by atoms with Crippen molar-refractivity contribution >= 4 is 61.5 Å². The van der Waals surface area contributed by atoms with Crippen molar-refractivity contribution in [1.29, 1.82) is 0 Å². The summed E-state index contributed by atoms with van der Waals surface area (Å²) in [5.41, 5.74) is 2.91. The Morgan fingerprint density at radius 2 is 1.94 bits per heavy atom. The number of thiophene rings is 1. The second-order valence-corrected chi connectivity index (χ2v) is 7.12. The van der Waals surface area contributed by atoms with Crippen molar-refractivity contribution in [1.82, 2.24) is 9.97 Å². The van der Waals surface area contributed by atoms with Crippen LogP contribution >= 0.6 is 50.5 Å². The van der Waals surface area contributed by atoms with Gasteiger partial charge in [0.25, 0.3) is 0 Å². The van der Waals surface area contributed by atoms with E-state index in [1.165, 1.54) is 5.56 Å². The first-order chi connectivity index (χ1) is 8.54. The van der Waals surface area contributed by atoms with Crippen molar-refractivity contribution in [2.45, 2.75) is 6.92 Å². The van der Waals surface area contributed by atoms with Gasteiger partial charge in [-0.15, -0.1) is 11.3 Å². The van der Waals surface area contributed by atoms with Gasteiger partial charge >= 0.3 is 0 Å². The number of aromatic amines is 1. The first kappa shape index (κ1) is 12.5. The van der Waals surface area contributed by atoms with Gasteiger partial charge in [0.2, 0.25) is 0 Å². The summed E-state index contributed by atoms with van der Waals surface area (Å²) in [6.45, 7) is 2.06. The number of aryl methyl sites for hydroxylation is 1. The molecule has 1 aromatic carbocycles. The van der Waals surface area contributed by atoms with Crippen molar-refractivity contribution < 1.29 is 0 Å². The number of benzene rings is 1. The van der Waals surface area contributed by atoms with Crippen LogP contribution in [0.25, 0.3) is 21.7 Å². The summed E-state index contributed by atoms with van der Waals surface area (Å²) in [7, 11) is 0. The number of nitrogens with one attached hydrogen (secondary N) is 1. The average Bonchev–Trinajstić information content (AvgIpc) is 2.84. The molecule has 0 bridgehead atoms. The molecule has 0 atom stereocenters. The van der Waals surface area contributed by atoms with Crippen molar-refractivity contribution in [2.24, 2.45) is 0 Å². The maximum absolute atomic E-state index is 5.99. The standard InChI is InChI=1S/C12H7BrCl2N2S/c1-5-2-10(18-11(5)13)12-16-8-3-6(14)7(15)4-9(8)17-12/h2-4H,1H3,(H,16,17). The van der Waals surface area contributed by atoms with E-state index < -0.39 is 0 Å². The van der Waals surface area contributed by atoms with Crippen molar-refractivity contribution in [3.05, 3.63) is 37.6 Å². The average molecular weight is 362 g/mol. The highest BCUT2D eigenvalue weighted by Gasteiger charge is 2.11. The van der Waals surface area contributed by atoms with Crippen LogP contribution in [0.2, 0.25) is 10.0 Å². The number of H-pyrrole nitrogens is 1. The Bertz CT molecular complexity index is 689. The lowest BCUT2D eigenvalue weighted by Crippen LogP contribution is -1.72. The van der Waals surface area contributed by atoms with E-state index in [9.17, 15) is 0 Å². The molecule has 0 fully saturated rings. The highest BCUT2D eigenvalue weighted by molar-refractivity contribution is 9.11. The van der Waals surface area contributed by atoms with Crippen LogP contribution in [0.5, 0.6) is 0 Å². The van der Waals surface area contributed by atoms with Crippen molar-refractivity contribution in [3.63, 3.8) is 0 Å². The normalized spacial score (nSPS) is 11.3. The highest BCUT2D eigenvalue weighted by atomic mass is 79.9. The van der Waals surface area contributed by atoms with E-state index in [0.29, 0.717) is 10.0 Å². The summed E-state index contributed by atoms with van der Waals surface area (Å²) in [5.74, 6) is 0.835. The summed E-state index contributed by atoms with van der Waals surface area (Å²) >= 11 is 17.1. The third-order valence-corrected chi connectivity index (χ3v) is 5.48. The molecule has 0 amide bonds. The van der Waals surface area contributed by atoms with Gasteiger partial charge in [-0.3, -0.25) is 0 Å². The Balaban J connectivity index is 2.19. The van der Waals surface area contributed by atoms with E-state index in [1.807, 2.05) is 0 Å². The molecule has 0 saturated heterocycles. The first-order valence-corrected chi connectivity index (χ1v) is 7.52. The fourth-order valence-electron chi connectivity index (χ4n) is 1.70. The highest BCUT2D eigenvalue weighted by Crippen LogP contribution is 2.35. The largest absolute Gasteiger partial charge is 0.337 e. The minimum atomic E-state index is 0.519. The molecule has 6 heteroatoms. The zero-order chi connectivity index (χ0) is 12.9. The van der Waals surface area contributed by atoms with Crippen LogP contribution in [-0.2, 0) is 0 Å². The predicted octanol–water partition coefficient (Wildman–Crippen LogP) is 5.67. The zero-order valence-electron chi connectivity index (χ0n) is 9.22. The second-order valence-electron chi connectivity index (χ2n) is 3.94. The van der Waals surface area contributed by atoms with E-state index in [4.69, 9.17) is 23.2 Å². The van der Waals surface area contributed by atoms with Crippen LogP contribution in [0.15, 0.2) is 22.0 Å². The molecule has 3 rings (SSSR count). The molecule has 0 aliphatic heterocycles. The van der Waals surface area contributed by atoms with Crippen LogP contribution in [0.4, 0.5) is 0 Å². The van der Waals surface area contributed by atoms with Crippen molar-refractivity contribution in [2.75, 3.05) is 0 Å². The quantitative estimate of drug-likeness (QED) is 0.594. The molecule has 0 aliphatic rings. The van der Waals surface area contributed by atoms with Gasteiger partial charge in [0.15, 0.2) is 0 Å². The zero-order valence-corrected chi connectivity index (χ0v) is 13.1. The SMILES string of the molecule is Cc1cc(-c2nc3cc(Cl)c(Cl)cc3[nH]2)sc1Br. The van der Waals surface area contributed by atoms with E-state index in [2.05, 4.69) is 38.9 Å². The number of aromatic nitrogens is 2. The minimum Gasteiger partial charge on any atom is -0.337 e. The number of nitrogens with zero attached hydrogens (tertiary/aromatic N) is 1. The molecule has 0 spiro atoms. The molecule has 18 heavy (non-hydrogen) atoms. The summed E-state index contributed by atoms with van der Waals surface area (Å²) < 4.78 is 1.12. The third kappa shape index (κ3) is 2.07. The van der Waals surface area contributed by atoms with Gasteiger partial charge in [-0.05, 0) is 46.6 Å². The van der Waals surface area contributed by atoms with Gasteiger partial charge in [-0.1, -0.05) is 23.2 Å². The number of fused-ring (bicyclic) bond motifs is 1. The number of hydrogen-bond acceptors (Lipinski definition) is 2. The Morgan fingerprint density at radius 3 is 2.61 bits per heavy atom. The van der Waals surface area contributed by atoms with Crippen LogP contribution in [0.3, 0.4) is 0 Å². The topological polar surface area (TPSA) is 28.7 Å². The van der Waals surface area contributed by atoms with E-state index >= 15 is 0 Å². The van der Waals surface area contributed by atoms with Gasteiger partial charge in [0, 0.05) is 0 Å². The second kappa shape index (κ2) is 4.53. The van der Waals surface area contributed by atoms with E-state index in [0.717, 1.165) is 25.5 Å². The van der Waals surface area contributed by atoms with Crippen LogP contribution in [0, 0.1) is 6.92 Å². The molecule has 0 radical (unpaired) electrons. The molecule has 2 heterocycles. The lowest BCUT2D eigenvalue weighted by molar-refractivity contribution is 1.35. The third-order valence-electron chi connectivity index (χ3n) is 2.61. The fraction of sp³-hybridized carbons (Fsp3) is 0.0833. The molecule has 0 aliphatic carbocycles. The van der Waals surface area contributed by atoms with E-state index in [1.54, 1.807) is 23.5 Å². The van der Waals surface area contributed by atoms with Gasteiger partial charge in [-0.25, -0.2) is 4.98 Å². The summed E-state index contributed by atoms with van der Waals surface area (Å²) in [4.78, 5) is 8.87. The fourth-order valence-corrected chi connectivity index (χ4v) is 3.50. The van der Waals surface area contributed by atoms with Gasteiger partial charge < -0.3 is 4.98 Å². The van der Waals surface area contributed by atoms with Crippen LogP contribution < -0.4 is 0 Å². The lowest BCUT2D eigenvalue weighted by atomic mass is 10.3. The monoisotopic (exact) mass is 360 g/mol. The Morgan fingerprint density at radius 1 is 1.22 bits per heavy atom. The Kier molecular flexibility index (Phi) is 3.14. The maximum atomic E-state index is 5.99. The van der Waals surface area contributed by atoms with E-state index in [-0.39, 0.29) is 0 Å². The summed E-state index contributed by atoms with van der Waals surface area (Å²) in [6.07, 6.45) is 0. The molecular formula is C12H7BrCl2N2S. The van der Waals surface area contributed by atoms with Crippen LogP contribution in [-0.4, -0.2) is 9.97 Å². The summed E-state index contributed by atoms with van der Waals surface area (Å²) in [5, 5.41) is 1.05. The summed E-state index contributed by atoms with van der Waals surface area (Å²) in [6, 6.07) is 5.66. The molecule has 2 aromatic heterocycles. The molecule has 3 aromatic rings. The predicted molar refractivity (Wildman–Crippen MR) is 81.9 cm³/mol. The minimum absolute atomic E-state index is 0.519. The molecule has 1 N–H and O–H groups in total. The number of halogens is 3. The molecule has 0 saturated carbocycles. The lowest BCUT2D eigenvalue weighted by Gasteiger charge is -1.93.